The van der Waals surface area contributed by atoms with Crippen molar-refractivity contribution in [3.8, 4) is 0 Å². The summed E-state index contributed by atoms with van der Waals surface area (Å²) < 4.78 is 39.3. The highest BCUT2D eigenvalue weighted by Crippen LogP contribution is 2.35. The van der Waals surface area contributed by atoms with E-state index in [-0.39, 0.29) is 5.69 Å². The molecule has 2 rings (SSSR count). The highest BCUT2D eigenvalue weighted by Gasteiger charge is 2.30. The zero-order valence-corrected chi connectivity index (χ0v) is 11.8. The topological polar surface area (TPSA) is 43.8 Å². The van der Waals surface area contributed by atoms with Gasteiger partial charge in [-0.1, -0.05) is 0 Å². The Morgan fingerprint density at radius 1 is 1.30 bits per heavy atom. The van der Waals surface area contributed by atoms with E-state index in [1.807, 2.05) is 20.0 Å². The third-order valence-electron chi connectivity index (χ3n) is 2.81. The molecular formula is C13H14F3N3S. The number of hydrogen-bond acceptors (Lipinski definition) is 3. The van der Waals surface area contributed by atoms with Gasteiger partial charge in [0.15, 0.2) is 0 Å². The molecule has 0 unspecified atom stereocenters. The average Bonchev–Trinajstić information content (AvgIpc) is 2.65. The molecule has 2 aromatic rings. The Balaban J connectivity index is 2.13. The molecule has 0 saturated heterocycles. The zero-order valence-electron chi connectivity index (χ0n) is 11.0. The highest BCUT2D eigenvalue weighted by atomic mass is 32.2. The third-order valence-corrected chi connectivity index (χ3v) is 3.93. The smallest absolute Gasteiger partial charge is 0.398 e. The van der Waals surface area contributed by atoms with Gasteiger partial charge in [-0.2, -0.15) is 18.3 Å². The van der Waals surface area contributed by atoms with Crippen LogP contribution in [-0.2, 0) is 19.0 Å². The minimum absolute atomic E-state index is 0.142. The highest BCUT2D eigenvalue weighted by molar-refractivity contribution is 7.98. The van der Waals surface area contributed by atoms with Crippen LogP contribution >= 0.6 is 11.8 Å². The summed E-state index contributed by atoms with van der Waals surface area (Å²) >= 11 is 1.39. The molecule has 20 heavy (non-hydrogen) atoms. The second-order valence-electron chi connectivity index (χ2n) is 4.44. The van der Waals surface area contributed by atoms with E-state index >= 15 is 0 Å². The van der Waals surface area contributed by atoms with Crippen molar-refractivity contribution in [2.45, 2.75) is 23.7 Å². The fourth-order valence-corrected chi connectivity index (χ4v) is 2.77. The van der Waals surface area contributed by atoms with Crippen LogP contribution in [0.5, 0.6) is 0 Å². The van der Waals surface area contributed by atoms with Gasteiger partial charge >= 0.3 is 6.18 Å². The van der Waals surface area contributed by atoms with Crippen LogP contribution in [0.3, 0.4) is 0 Å². The van der Waals surface area contributed by atoms with Crippen LogP contribution in [-0.4, -0.2) is 9.78 Å². The molecule has 1 aromatic carbocycles. The molecule has 0 amide bonds. The number of aromatic nitrogens is 2. The Bertz CT molecular complexity index is 620. The first-order valence-corrected chi connectivity index (χ1v) is 6.85. The number of anilines is 1. The molecule has 0 radical (unpaired) electrons. The molecule has 0 bridgehead atoms. The minimum Gasteiger partial charge on any atom is -0.398 e. The first-order chi connectivity index (χ1) is 9.27. The van der Waals surface area contributed by atoms with Crippen molar-refractivity contribution in [1.82, 2.24) is 9.78 Å². The predicted octanol–water partition coefficient (Wildman–Crippen LogP) is 3.62. The number of rotatable bonds is 3. The molecule has 0 aliphatic heterocycles. The summed E-state index contributed by atoms with van der Waals surface area (Å²) in [6.07, 6.45) is -4.36. The van der Waals surface area contributed by atoms with E-state index in [9.17, 15) is 13.2 Å². The van der Waals surface area contributed by atoms with Gasteiger partial charge in [0.2, 0.25) is 0 Å². The van der Waals surface area contributed by atoms with Crippen molar-refractivity contribution in [2.75, 3.05) is 5.73 Å². The fraction of sp³-hybridized carbons (Fsp3) is 0.308. The van der Waals surface area contributed by atoms with Gasteiger partial charge in [0.05, 0.1) is 11.3 Å². The molecule has 0 spiro atoms. The van der Waals surface area contributed by atoms with Crippen molar-refractivity contribution >= 4 is 17.4 Å². The Hall–Kier alpha value is -1.63. The molecule has 0 fully saturated rings. The summed E-state index contributed by atoms with van der Waals surface area (Å²) in [6, 6.07) is 5.36. The van der Waals surface area contributed by atoms with E-state index in [1.165, 1.54) is 17.8 Å². The molecule has 7 heteroatoms. The molecule has 0 atom stereocenters. The van der Waals surface area contributed by atoms with Crippen LogP contribution in [0.4, 0.5) is 18.9 Å². The summed E-state index contributed by atoms with van der Waals surface area (Å²) in [7, 11) is 1.83. The number of benzene rings is 1. The molecule has 1 heterocycles. The van der Waals surface area contributed by atoms with Crippen molar-refractivity contribution < 1.29 is 13.2 Å². The first kappa shape index (κ1) is 14.8. The normalized spacial score (nSPS) is 11.8. The van der Waals surface area contributed by atoms with Crippen LogP contribution < -0.4 is 5.73 Å². The van der Waals surface area contributed by atoms with Crippen LogP contribution in [0.15, 0.2) is 29.2 Å². The van der Waals surface area contributed by atoms with Crippen molar-refractivity contribution in [3.63, 3.8) is 0 Å². The minimum atomic E-state index is -4.36. The fourth-order valence-electron chi connectivity index (χ4n) is 1.81. The molecule has 0 saturated carbocycles. The van der Waals surface area contributed by atoms with Crippen LogP contribution in [0.2, 0.25) is 0 Å². The Morgan fingerprint density at radius 2 is 2.00 bits per heavy atom. The molecule has 108 valence electrons. The second kappa shape index (κ2) is 5.40. The second-order valence-corrected chi connectivity index (χ2v) is 5.46. The number of nitrogens with zero attached hydrogens (tertiary/aromatic N) is 2. The van der Waals surface area contributed by atoms with Gasteiger partial charge in [0, 0.05) is 29.1 Å². The van der Waals surface area contributed by atoms with Gasteiger partial charge in [0.25, 0.3) is 0 Å². The lowest BCUT2D eigenvalue weighted by molar-refractivity contribution is -0.137. The number of nitrogens with two attached hydrogens (primary N) is 1. The lowest BCUT2D eigenvalue weighted by Gasteiger charge is -2.10. The summed E-state index contributed by atoms with van der Waals surface area (Å²) in [5.74, 6) is 0.604. The largest absolute Gasteiger partial charge is 0.416 e. The van der Waals surface area contributed by atoms with E-state index in [1.54, 1.807) is 4.68 Å². The molecule has 2 N–H and O–H groups in total. The maximum absolute atomic E-state index is 12.5. The molecule has 1 aromatic heterocycles. The van der Waals surface area contributed by atoms with E-state index in [0.29, 0.717) is 10.6 Å². The van der Waals surface area contributed by atoms with Gasteiger partial charge in [-0.15, -0.1) is 11.8 Å². The van der Waals surface area contributed by atoms with E-state index in [0.717, 1.165) is 23.5 Å². The number of halogens is 3. The predicted molar refractivity (Wildman–Crippen MR) is 73.4 cm³/mol. The summed E-state index contributed by atoms with van der Waals surface area (Å²) in [4.78, 5) is 0.636. The maximum atomic E-state index is 12.5. The molecule has 0 aliphatic carbocycles. The lowest BCUT2D eigenvalue weighted by Crippen LogP contribution is -2.05. The maximum Gasteiger partial charge on any atom is 0.416 e. The van der Waals surface area contributed by atoms with E-state index in [4.69, 9.17) is 5.73 Å². The van der Waals surface area contributed by atoms with Crippen molar-refractivity contribution in [3.05, 3.63) is 41.2 Å². The first-order valence-electron chi connectivity index (χ1n) is 5.86. The van der Waals surface area contributed by atoms with Crippen molar-refractivity contribution in [1.29, 1.82) is 0 Å². The summed E-state index contributed by atoms with van der Waals surface area (Å²) in [6.45, 7) is 1.89. The third kappa shape index (κ3) is 3.27. The number of alkyl halides is 3. The standard InChI is InChI=1S/C13H14F3N3S/c1-8-5-10(19(2)18-8)7-20-12-4-3-9(6-11(12)17)13(14,15)16/h3-6H,7,17H2,1-2H3. The monoisotopic (exact) mass is 301 g/mol. The van der Waals surface area contributed by atoms with E-state index < -0.39 is 11.7 Å². The van der Waals surface area contributed by atoms with Crippen LogP contribution in [0.1, 0.15) is 17.0 Å². The lowest BCUT2D eigenvalue weighted by atomic mass is 10.2. The van der Waals surface area contributed by atoms with Crippen LogP contribution in [0, 0.1) is 6.92 Å². The number of hydrogen-bond donors (Lipinski definition) is 1. The van der Waals surface area contributed by atoms with Crippen molar-refractivity contribution in [2.24, 2.45) is 7.05 Å². The van der Waals surface area contributed by atoms with Gasteiger partial charge < -0.3 is 5.73 Å². The Kier molecular flexibility index (Phi) is 3.99. The zero-order chi connectivity index (χ0) is 14.9. The van der Waals surface area contributed by atoms with Gasteiger partial charge in [-0.25, -0.2) is 0 Å². The molecule has 0 aliphatic rings. The molecular weight excluding hydrogens is 287 g/mol. The summed E-state index contributed by atoms with van der Waals surface area (Å²) in [5, 5.41) is 4.22. The number of nitrogen functional groups attached to an aromatic ring is 1. The SMILES string of the molecule is Cc1cc(CSc2ccc(C(F)(F)F)cc2N)n(C)n1. The van der Waals surface area contributed by atoms with Crippen LogP contribution in [0.25, 0.3) is 0 Å². The quantitative estimate of drug-likeness (QED) is 0.695. The van der Waals surface area contributed by atoms with E-state index in [2.05, 4.69) is 5.10 Å². The van der Waals surface area contributed by atoms with Gasteiger partial charge in [0.1, 0.15) is 0 Å². The van der Waals surface area contributed by atoms with Gasteiger partial charge in [-0.3, -0.25) is 4.68 Å². The molecule has 3 nitrogen and oxygen atoms in total. The Morgan fingerprint density at radius 3 is 2.50 bits per heavy atom. The summed E-state index contributed by atoms with van der Waals surface area (Å²) in [5.41, 5.74) is 7.00. The van der Waals surface area contributed by atoms with Gasteiger partial charge in [-0.05, 0) is 31.2 Å². The number of aryl methyl sites for hydroxylation is 2. The average molecular weight is 301 g/mol. The Labute approximate surface area is 119 Å². The number of thioether (sulfide) groups is 1.